The van der Waals surface area contributed by atoms with Gasteiger partial charge in [0.05, 0.1) is 18.7 Å². The van der Waals surface area contributed by atoms with Gasteiger partial charge in [-0.1, -0.05) is 17.7 Å². The molecule has 92 valence electrons. The van der Waals surface area contributed by atoms with Crippen LogP contribution in [0.4, 0.5) is 5.69 Å². The summed E-state index contributed by atoms with van der Waals surface area (Å²) in [5.41, 5.74) is 0.796. The minimum absolute atomic E-state index is 0.142. The third-order valence-electron chi connectivity index (χ3n) is 3.47. The van der Waals surface area contributed by atoms with Gasteiger partial charge in [-0.3, -0.25) is 9.59 Å². The number of rotatable bonds is 1. The fourth-order valence-electron chi connectivity index (χ4n) is 2.43. The van der Waals surface area contributed by atoms with Gasteiger partial charge in [-0.05, 0) is 19.1 Å². The summed E-state index contributed by atoms with van der Waals surface area (Å²) >= 11 is 0. The summed E-state index contributed by atoms with van der Waals surface area (Å²) in [5.74, 6) is -0.428. The van der Waals surface area contributed by atoms with E-state index in [1.807, 2.05) is 19.1 Å². The maximum atomic E-state index is 12.4. The lowest BCUT2D eigenvalue weighted by atomic mass is 9.96. The van der Waals surface area contributed by atoms with Gasteiger partial charge in [-0.15, -0.1) is 0 Å². The van der Waals surface area contributed by atoms with Crippen molar-refractivity contribution in [3.63, 3.8) is 0 Å². The Balaban J connectivity index is 1.98. The zero-order valence-corrected chi connectivity index (χ0v) is 10.1. The second kappa shape index (κ2) is 3.73. The number of imide groups is 1. The number of nitrogens with zero attached hydrogens (tertiary/aromatic N) is 3. The van der Waals surface area contributed by atoms with Crippen LogP contribution >= 0.6 is 0 Å². The number of anilines is 1. The molecule has 1 saturated heterocycles. The smallest absolute Gasteiger partial charge is 0.264 e. The molecule has 2 aliphatic rings. The van der Waals surface area contributed by atoms with E-state index in [1.165, 1.54) is 4.90 Å². The quantitative estimate of drug-likeness (QED) is 0.707. The van der Waals surface area contributed by atoms with E-state index in [9.17, 15) is 9.59 Å². The first-order chi connectivity index (χ1) is 8.62. The monoisotopic (exact) mass is 243 g/mol. The van der Waals surface area contributed by atoms with Crippen LogP contribution in [0.1, 0.15) is 18.4 Å². The number of carbonyl (C=O) groups excluding carboxylic acids is 2. The molecule has 0 unspecified atom stereocenters. The van der Waals surface area contributed by atoms with Crippen LogP contribution in [0.25, 0.3) is 0 Å². The van der Waals surface area contributed by atoms with Crippen molar-refractivity contribution in [1.82, 2.24) is 0 Å². The van der Waals surface area contributed by atoms with Crippen molar-refractivity contribution in [1.29, 1.82) is 0 Å². The molecule has 0 saturated carbocycles. The van der Waals surface area contributed by atoms with E-state index >= 15 is 0 Å². The van der Waals surface area contributed by atoms with Crippen LogP contribution in [-0.4, -0.2) is 23.9 Å². The molecular formula is C13H13N3O2. The Morgan fingerprint density at radius 2 is 1.94 bits per heavy atom. The van der Waals surface area contributed by atoms with Crippen molar-refractivity contribution in [2.45, 2.75) is 25.3 Å². The summed E-state index contributed by atoms with van der Waals surface area (Å²) in [5, 5.41) is 7.88. The Hall–Kier alpha value is -2.04. The van der Waals surface area contributed by atoms with Crippen LogP contribution in [0.5, 0.6) is 0 Å². The number of azo groups is 1. The lowest BCUT2D eigenvalue weighted by Gasteiger charge is -2.17. The van der Waals surface area contributed by atoms with Crippen molar-refractivity contribution >= 4 is 17.5 Å². The molecule has 1 fully saturated rings. The van der Waals surface area contributed by atoms with Gasteiger partial charge in [0.1, 0.15) is 0 Å². The molecule has 5 nitrogen and oxygen atoms in total. The molecule has 5 heteroatoms. The van der Waals surface area contributed by atoms with E-state index in [1.54, 1.807) is 12.1 Å². The Labute approximate surface area is 105 Å². The summed E-state index contributed by atoms with van der Waals surface area (Å²) in [6.45, 7) is 2.49. The first kappa shape index (κ1) is 11.1. The van der Waals surface area contributed by atoms with Gasteiger partial charge in [-0.2, -0.15) is 10.2 Å². The van der Waals surface area contributed by atoms with E-state index in [0.29, 0.717) is 18.7 Å². The molecule has 2 amide bonds. The highest BCUT2D eigenvalue weighted by atomic mass is 16.2. The Bertz CT molecular complexity index is 550. The minimum Gasteiger partial charge on any atom is -0.274 e. The predicted octanol–water partition coefficient (Wildman–Crippen LogP) is 1.85. The van der Waals surface area contributed by atoms with Crippen molar-refractivity contribution in [2.75, 3.05) is 11.4 Å². The van der Waals surface area contributed by atoms with Crippen LogP contribution in [0, 0.1) is 6.92 Å². The number of hydrogen-bond donors (Lipinski definition) is 0. The second-order valence-corrected chi connectivity index (χ2v) is 4.79. The van der Waals surface area contributed by atoms with E-state index in [4.69, 9.17) is 0 Å². The highest BCUT2D eigenvalue weighted by Crippen LogP contribution is 2.37. The lowest BCUT2D eigenvalue weighted by molar-refractivity contribution is -0.122. The minimum atomic E-state index is -0.915. The topological polar surface area (TPSA) is 62.1 Å². The zero-order chi connectivity index (χ0) is 12.8. The highest BCUT2D eigenvalue weighted by molar-refractivity contribution is 6.24. The van der Waals surface area contributed by atoms with Gasteiger partial charge in [0.2, 0.25) is 5.91 Å². The molecule has 0 aromatic heterocycles. The summed E-state index contributed by atoms with van der Waals surface area (Å²) in [7, 11) is 0. The van der Waals surface area contributed by atoms with Gasteiger partial charge in [0.15, 0.2) is 5.54 Å². The third-order valence-corrected chi connectivity index (χ3v) is 3.47. The third kappa shape index (κ3) is 1.47. The van der Waals surface area contributed by atoms with Gasteiger partial charge >= 0.3 is 0 Å². The average molecular weight is 243 g/mol. The molecule has 1 spiro atoms. The van der Waals surface area contributed by atoms with E-state index in [2.05, 4.69) is 10.2 Å². The molecule has 0 aliphatic carbocycles. The van der Waals surface area contributed by atoms with Crippen LogP contribution in [-0.2, 0) is 9.59 Å². The van der Waals surface area contributed by atoms with Gasteiger partial charge in [0, 0.05) is 6.42 Å². The van der Waals surface area contributed by atoms with Crippen LogP contribution in [0.2, 0.25) is 0 Å². The SMILES string of the molecule is Cc1ccc(N2C(=O)C[C@@]3(CCN=N3)C2=O)cc1. The van der Waals surface area contributed by atoms with Crippen molar-refractivity contribution in [3.8, 4) is 0 Å². The van der Waals surface area contributed by atoms with Crippen molar-refractivity contribution in [3.05, 3.63) is 29.8 Å². The molecule has 1 aromatic carbocycles. The first-order valence-corrected chi connectivity index (χ1v) is 5.95. The molecule has 2 aliphatic heterocycles. The second-order valence-electron chi connectivity index (χ2n) is 4.79. The summed E-state index contributed by atoms with van der Waals surface area (Å²) in [4.78, 5) is 25.7. The highest BCUT2D eigenvalue weighted by Gasteiger charge is 2.54. The molecule has 0 radical (unpaired) electrons. The van der Waals surface area contributed by atoms with Gasteiger partial charge < -0.3 is 0 Å². The molecule has 0 N–H and O–H groups in total. The maximum Gasteiger partial charge on any atom is 0.264 e. The van der Waals surface area contributed by atoms with Crippen LogP contribution in [0.3, 0.4) is 0 Å². The number of aryl methyl sites for hydroxylation is 1. The van der Waals surface area contributed by atoms with Crippen molar-refractivity contribution in [2.24, 2.45) is 10.2 Å². The standard InChI is InChI=1S/C13H13N3O2/c1-9-2-4-10(5-3-9)16-11(17)8-13(12(16)18)6-7-14-15-13/h2-5H,6-8H2,1H3/t13-/m0/s1. The Morgan fingerprint density at radius 3 is 2.56 bits per heavy atom. The number of carbonyl (C=O) groups is 2. The fraction of sp³-hybridized carbons (Fsp3) is 0.385. The molecule has 2 heterocycles. The van der Waals surface area contributed by atoms with Crippen molar-refractivity contribution < 1.29 is 9.59 Å². The Morgan fingerprint density at radius 1 is 1.22 bits per heavy atom. The van der Waals surface area contributed by atoms with Gasteiger partial charge in [0.25, 0.3) is 5.91 Å². The largest absolute Gasteiger partial charge is 0.274 e. The molecule has 18 heavy (non-hydrogen) atoms. The van der Waals surface area contributed by atoms with Crippen LogP contribution in [0.15, 0.2) is 34.5 Å². The van der Waals surface area contributed by atoms with E-state index in [-0.39, 0.29) is 18.2 Å². The van der Waals surface area contributed by atoms with E-state index < -0.39 is 5.54 Å². The average Bonchev–Trinajstić information content (AvgIpc) is 2.89. The molecular weight excluding hydrogens is 230 g/mol. The summed E-state index contributed by atoms with van der Waals surface area (Å²) in [6, 6.07) is 7.35. The number of benzene rings is 1. The zero-order valence-electron chi connectivity index (χ0n) is 10.1. The summed E-state index contributed by atoms with van der Waals surface area (Å²) < 4.78 is 0. The van der Waals surface area contributed by atoms with Crippen LogP contribution < -0.4 is 4.90 Å². The molecule has 3 rings (SSSR count). The predicted molar refractivity (Wildman–Crippen MR) is 65.4 cm³/mol. The maximum absolute atomic E-state index is 12.4. The summed E-state index contributed by atoms with van der Waals surface area (Å²) in [6.07, 6.45) is 0.684. The van der Waals surface area contributed by atoms with Gasteiger partial charge in [-0.25, -0.2) is 4.90 Å². The number of amides is 2. The lowest BCUT2D eigenvalue weighted by Crippen LogP contribution is -2.38. The molecule has 1 aromatic rings. The first-order valence-electron chi connectivity index (χ1n) is 5.95. The normalized spacial score (nSPS) is 26.6. The van der Waals surface area contributed by atoms with E-state index in [0.717, 1.165) is 5.56 Å². The fourth-order valence-corrected chi connectivity index (χ4v) is 2.43. The number of hydrogen-bond acceptors (Lipinski definition) is 4. The molecule has 1 atom stereocenters. The Kier molecular flexibility index (Phi) is 2.29. The molecule has 0 bridgehead atoms.